The molecule has 3 saturated heterocycles. The number of hydrogen-bond donors (Lipinski definition) is 2. The molecule has 0 aromatic rings. The molecule has 4 aliphatic rings. The van der Waals surface area contributed by atoms with Crippen molar-refractivity contribution in [2.75, 3.05) is 66.1 Å². The zero-order valence-corrected chi connectivity index (χ0v) is 19.0. The van der Waals surface area contributed by atoms with Gasteiger partial charge in [-0.15, -0.1) is 24.0 Å². The third-order valence-corrected chi connectivity index (χ3v) is 6.31. The summed E-state index contributed by atoms with van der Waals surface area (Å²) < 4.78 is 5.35. The van der Waals surface area contributed by atoms with Crippen LogP contribution in [-0.4, -0.2) is 87.9 Å². The van der Waals surface area contributed by atoms with E-state index in [0.29, 0.717) is 11.5 Å². The lowest BCUT2D eigenvalue weighted by atomic mass is 9.83. The summed E-state index contributed by atoms with van der Waals surface area (Å²) in [5.41, 5.74) is 0.359. The van der Waals surface area contributed by atoms with Crippen LogP contribution >= 0.6 is 24.0 Å². The lowest BCUT2D eigenvalue weighted by molar-refractivity contribution is 0.0154. The van der Waals surface area contributed by atoms with Gasteiger partial charge in [-0.2, -0.15) is 0 Å². The van der Waals surface area contributed by atoms with E-state index < -0.39 is 0 Å². The van der Waals surface area contributed by atoms with E-state index in [9.17, 15) is 0 Å². The molecule has 2 N–H and O–H groups in total. The fraction of sp³-hybridized carbons (Fsp3) is 0.947. The molecule has 0 aromatic carbocycles. The molecule has 1 saturated carbocycles. The second-order valence-corrected chi connectivity index (χ2v) is 8.02. The van der Waals surface area contributed by atoms with Crippen molar-refractivity contribution >= 4 is 29.9 Å². The monoisotopic (exact) mass is 479 g/mol. The van der Waals surface area contributed by atoms with Crippen molar-refractivity contribution in [3.05, 3.63) is 0 Å². The second kappa shape index (κ2) is 11.0. The van der Waals surface area contributed by atoms with Crippen molar-refractivity contribution in [3.8, 4) is 0 Å². The molecule has 26 heavy (non-hydrogen) atoms. The van der Waals surface area contributed by atoms with Gasteiger partial charge in [-0.3, -0.25) is 14.8 Å². The normalized spacial score (nSPS) is 30.1. The Morgan fingerprint density at radius 2 is 1.88 bits per heavy atom. The molecule has 7 heteroatoms. The third kappa shape index (κ3) is 5.94. The standard InChI is InChI=1S/C19H37N5O.HI/c1-3-20-18(21-14-17-15-23-9-11-24(17)12-10-23)22-16-19(8-13-25-2)6-4-5-7-19;/h17H,3-16H2,1-2H3,(H2,20,21,22);1H. The van der Waals surface area contributed by atoms with Gasteiger partial charge in [0.15, 0.2) is 5.96 Å². The number of ether oxygens (including phenoxy) is 1. The van der Waals surface area contributed by atoms with Crippen LogP contribution in [0, 0.1) is 5.41 Å². The molecule has 0 radical (unpaired) electrons. The number of nitrogens with one attached hydrogen (secondary N) is 2. The Morgan fingerprint density at radius 3 is 2.46 bits per heavy atom. The van der Waals surface area contributed by atoms with Crippen molar-refractivity contribution in [3.63, 3.8) is 0 Å². The molecule has 6 nitrogen and oxygen atoms in total. The molecule has 152 valence electrons. The maximum Gasteiger partial charge on any atom is 0.191 e. The van der Waals surface area contributed by atoms with E-state index in [0.717, 1.165) is 38.6 Å². The molecule has 0 aromatic heterocycles. The van der Waals surface area contributed by atoms with Gasteiger partial charge in [0.05, 0.1) is 0 Å². The first kappa shape index (κ1) is 22.2. The largest absolute Gasteiger partial charge is 0.385 e. The van der Waals surface area contributed by atoms with Crippen LogP contribution in [0.3, 0.4) is 0 Å². The van der Waals surface area contributed by atoms with Crippen LogP contribution in [0.4, 0.5) is 0 Å². The van der Waals surface area contributed by atoms with Gasteiger partial charge in [0.1, 0.15) is 0 Å². The summed E-state index contributed by atoms with van der Waals surface area (Å²) in [6.45, 7) is 12.0. The molecular formula is C19H38IN5O. The Hall–Kier alpha value is -0.120. The van der Waals surface area contributed by atoms with Crippen molar-refractivity contribution in [2.45, 2.75) is 45.1 Å². The van der Waals surface area contributed by atoms with Gasteiger partial charge >= 0.3 is 0 Å². The van der Waals surface area contributed by atoms with Gasteiger partial charge in [0.2, 0.25) is 0 Å². The van der Waals surface area contributed by atoms with Gasteiger partial charge in [0.25, 0.3) is 0 Å². The molecule has 0 spiro atoms. The number of hydrogen-bond acceptors (Lipinski definition) is 4. The van der Waals surface area contributed by atoms with Crippen LogP contribution in [0.2, 0.25) is 0 Å². The minimum absolute atomic E-state index is 0. The highest BCUT2D eigenvalue weighted by molar-refractivity contribution is 14.0. The van der Waals surface area contributed by atoms with Crippen molar-refractivity contribution < 1.29 is 4.74 Å². The van der Waals surface area contributed by atoms with E-state index in [1.807, 2.05) is 0 Å². The molecular weight excluding hydrogens is 441 g/mol. The second-order valence-electron chi connectivity index (χ2n) is 8.02. The van der Waals surface area contributed by atoms with Gasteiger partial charge in [-0.05, 0) is 31.6 Å². The van der Waals surface area contributed by atoms with Gasteiger partial charge < -0.3 is 15.4 Å². The van der Waals surface area contributed by atoms with E-state index in [2.05, 4.69) is 27.4 Å². The average Bonchev–Trinajstić information content (AvgIpc) is 3.12. The fourth-order valence-electron chi connectivity index (χ4n) is 4.65. The van der Waals surface area contributed by atoms with Crippen LogP contribution in [-0.2, 0) is 4.74 Å². The summed E-state index contributed by atoms with van der Waals surface area (Å²) in [5, 5.41) is 7.05. The van der Waals surface area contributed by atoms with E-state index >= 15 is 0 Å². The summed E-state index contributed by atoms with van der Waals surface area (Å²) in [6.07, 6.45) is 6.42. The van der Waals surface area contributed by atoms with Crippen molar-refractivity contribution in [1.82, 2.24) is 20.4 Å². The van der Waals surface area contributed by atoms with Gasteiger partial charge in [-0.1, -0.05) is 12.8 Å². The predicted molar refractivity (Wildman–Crippen MR) is 119 cm³/mol. The maximum atomic E-state index is 5.35. The number of nitrogens with zero attached hydrogens (tertiary/aromatic N) is 3. The zero-order valence-electron chi connectivity index (χ0n) is 16.6. The smallest absolute Gasteiger partial charge is 0.191 e. The molecule has 1 aliphatic carbocycles. The van der Waals surface area contributed by atoms with Crippen LogP contribution in [0.5, 0.6) is 0 Å². The Balaban J connectivity index is 0.00000243. The summed E-state index contributed by atoms with van der Waals surface area (Å²) in [7, 11) is 1.81. The lowest BCUT2D eigenvalue weighted by Gasteiger charge is -2.47. The van der Waals surface area contributed by atoms with E-state index in [1.165, 1.54) is 58.4 Å². The van der Waals surface area contributed by atoms with E-state index in [1.54, 1.807) is 7.11 Å². The maximum absolute atomic E-state index is 5.35. The molecule has 1 atom stereocenters. The summed E-state index contributed by atoms with van der Waals surface area (Å²) in [6, 6.07) is 0.625. The predicted octanol–water partition coefficient (Wildman–Crippen LogP) is 1.76. The summed E-state index contributed by atoms with van der Waals surface area (Å²) in [4.78, 5) is 10.2. The molecule has 1 unspecified atom stereocenters. The fourth-order valence-corrected chi connectivity index (χ4v) is 4.65. The molecule has 4 fully saturated rings. The molecule has 3 aliphatic heterocycles. The molecule has 2 bridgehead atoms. The minimum atomic E-state index is 0. The summed E-state index contributed by atoms with van der Waals surface area (Å²) >= 11 is 0. The number of piperazine rings is 3. The van der Waals surface area contributed by atoms with E-state index in [4.69, 9.17) is 9.73 Å². The first-order valence-electron chi connectivity index (χ1n) is 10.2. The lowest BCUT2D eigenvalue weighted by Crippen LogP contribution is -2.63. The highest BCUT2D eigenvalue weighted by Crippen LogP contribution is 2.41. The number of fused-ring (bicyclic) bond motifs is 3. The Labute approximate surface area is 176 Å². The van der Waals surface area contributed by atoms with Crippen molar-refractivity contribution in [1.29, 1.82) is 0 Å². The first-order chi connectivity index (χ1) is 12.2. The highest BCUT2D eigenvalue weighted by Gasteiger charge is 2.34. The minimum Gasteiger partial charge on any atom is -0.385 e. The quantitative estimate of drug-likeness (QED) is 0.316. The average molecular weight is 479 g/mol. The van der Waals surface area contributed by atoms with Crippen LogP contribution in [0.1, 0.15) is 39.0 Å². The number of guanidine groups is 1. The Bertz CT molecular complexity index is 434. The summed E-state index contributed by atoms with van der Waals surface area (Å²) in [5.74, 6) is 0.990. The van der Waals surface area contributed by atoms with Gasteiger partial charge in [0, 0.05) is 72.1 Å². The number of methoxy groups -OCH3 is 1. The SMILES string of the molecule is CCNC(=NCC1(CCOC)CCCC1)NCC1CN2CCN1CC2.I. The zero-order chi connectivity index (χ0) is 17.5. The van der Waals surface area contributed by atoms with Crippen molar-refractivity contribution in [2.24, 2.45) is 10.4 Å². The first-order valence-corrected chi connectivity index (χ1v) is 10.2. The highest BCUT2D eigenvalue weighted by atomic mass is 127. The van der Waals surface area contributed by atoms with E-state index in [-0.39, 0.29) is 24.0 Å². The Kier molecular flexibility index (Phi) is 9.40. The molecule has 0 amide bonds. The molecule has 4 rings (SSSR count). The van der Waals surface area contributed by atoms with Crippen LogP contribution < -0.4 is 10.6 Å². The molecule has 3 heterocycles. The number of halogens is 1. The number of aliphatic imine (C=N–C) groups is 1. The third-order valence-electron chi connectivity index (χ3n) is 6.31. The topological polar surface area (TPSA) is 52.1 Å². The Morgan fingerprint density at radius 1 is 1.15 bits per heavy atom. The van der Waals surface area contributed by atoms with Gasteiger partial charge in [-0.25, -0.2) is 0 Å². The number of rotatable bonds is 8. The van der Waals surface area contributed by atoms with Crippen LogP contribution in [0.15, 0.2) is 4.99 Å². The van der Waals surface area contributed by atoms with Crippen LogP contribution in [0.25, 0.3) is 0 Å².